The summed E-state index contributed by atoms with van der Waals surface area (Å²) in [5, 5.41) is 7.56. The molecule has 1 aromatic rings. The van der Waals surface area contributed by atoms with Crippen LogP contribution in [0.5, 0.6) is 0 Å². The van der Waals surface area contributed by atoms with Gasteiger partial charge < -0.3 is 4.90 Å². The molecule has 0 aromatic carbocycles. The molecule has 0 saturated heterocycles. The maximum Gasteiger partial charge on any atom is 0.284 e. The quantitative estimate of drug-likeness (QED) is 0.760. The highest BCUT2D eigenvalue weighted by Gasteiger charge is 2.18. The van der Waals surface area contributed by atoms with Crippen LogP contribution in [-0.2, 0) is 0 Å². The van der Waals surface area contributed by atoms with E-state index in [1.165, 1.54) is 0 Å². The molecular weight excluding hydrogens is 210 g/mol. The van der Waals surface area contributed by atoms with Crippen LogP contribution in [0.15, 0.2) is 0 Å². The Morgan fingerprint density at radius 3 is 2.54 bits per heavy atom. The van der Waals surface area contributed by atoms with E-state index in [-0.39, 0.29) is 11.9 Å². The number of aromatic nitrogens is 2. The first-order valence-electron chi connectivity index (χ1n) is 3.78. The molecule has 0 unspecified atom stereocenters. The smallest absolute Gasteiger partial charge is 0.284 e. The van der Waals surface area contributed by atoms with Gasteiger partial charge in [-0.15, -0.1) is 10.2 Å². The Labute approximate surface area is 85.5 Å². The summed E-state index contributed by atoms with van der Waals surface area (Å²) in [4.78, 5) is 13.2. The topological polar surface area (TPSA) is 46.1 Å². The van der Waals surface area contributed by atoms with E-state index >= 15 is 0 Å². The molecule has 6 heteroatoms. The number of hydrogen-bond acceptors (Lipinski definition) is 4. The number of rotatable bonds is 2. The Morgan fingerprint density at radius 2 is 2.15 bits per heavy atom. The van der Waals surface area contributed by atoms with Crippen LogP contribution >= 0.6 is 22.9 Å². The van der Waals surface area contributed by atoms with Crippen molar-refractivity contribution in [3.8, 4) is 0 Å². The van der Waals surface area contributed by atoms with Crippen LogP contribution in [0.4, 0.5) is 0 Å². The second-order valence-corrected chi connectivity index (χ2v) is 4.43. The fraction of sp³-hybridized carbons (Fsp3) is 0.571. The van der Waals surface area contributed by atoms with Crippen LogP contribution in [-0.4, -0.2) is 34.1 Å². The van der Waals surface area contributed by atoms with Crippen molar-refractivity contribution in [1.82, 2.24) is 15.1 Å². The van der Waals surface area contributed by atoms with E-state index in [0.29, 0.717) is 9.47 Å². The molecule has 1 aromatic heterocycles. The van der Waals surface area contributed by atoms with E-state index in [4.69, 9.17) is 11.6 Å². The van der Waals surface area contributed by atoms with Gasteiger partial charge in [0.15, 0.2) is 0 Å². The normalized spacial score (nSPS) is 10.5. The first kappa shape index (κ1) is 10.4. The van der Waals surface area contributed by atoms with Gasteiger partial charge in [0.1, 0.15) is 0 Å². The van der Waals surface area contributed by atoms with Gasteiger partial charge in [-0.3, -0.25) is 4.79 Å². The molecule has 0 radical (unpaired) electrons. The average molecular weight is 220 g/mol. The zero-order valence-corrected chi connectivity index (χ0v) is 9.19. The Hall–Kier alpha value is -0.680. The van der Waals surface area contributed by atoms with Crippen LogP contribution in [0.25, 0.3) is 0 Å². The molecule has 0 aliphatic rings. The van der Waals surface area contributed by atoms with Gasteiger partial charge in [-0.25, -0.2) is 0 Å². The number of carbonyl (C=O) groups excluding carboxylic acids is 1. The lowest BCUT2D eigenvalue weighted by atomic mass is 10.3. The summed E-state index contributed by atoms with van der Waals surface area (Å²) in [7, 11) is 1.72. The second kappa shape index (κ2) is 4.02. The molecule has 0 aliphatic heterocycles. The van der Waals surface area contributed by atoms with Gasteiger partial charge in [-0.05, 0) is 25.4 Å². The predicted molar refractivity (Wildman–Crippen MR) is 52.1 cm³/mol. The summed E-state index contributed by atoms with van der Waals surface area (Å²) < 4.78 is 0.292. The van der Waals surface area contributed by atoms with Crippen molar-refractivity contribution in [2.45, 2.75) is 19.9 Å². The number of nitrogens with zero attached hydrogens (tertiary/aromatic N) is 3. The summed E-state index contributed by atoms with van der Waals surface area (Å²) in [6.07, 6.45) is 0. The fourth-order valence-corrected chi connectivity index (χ4v) is 1.49. The molecule has 0 N–H and O–H groups in total. The molecule has 1 amide bonds. The lowest BCUT2D eigenvalue weighted by Gasteiger charge is -2.19. The monoisotopic (exact) mass is 219 g/mol. The van der Waals surface area contributed by atoms with E-state index in [2.05, 4.69) is 10.2 Å². The molecule has 0 aliphatic carbocycles. The Morgan fingerprint density at radius 1 is 1.54 bits per heavy atom. The molecule has 0 fully saturated rings. The van der Waals surface area contributed by atoms with Gasteiger partial charge in [0.05, 0.1) is 0 Å². The van der Waals surface area contributed by atoms with E-state index < -0.39 is 0 Å². The van der Waals surface area contributed by atoms with Crippen molar-refractivity contribution in [2.24, 2.45) is 0 Å². The van der Waals surface area contributed by atoms with Crippen molar-refractivity contribution < 1.29 is 4.79 Å². The molecular formula is C7H10ClN3OS. The zero-order chi connectivity index (χ0) is 10.0. The Bertz CT molecular complexity index is 312. The largest absolute Gasteiger partial charge is 0.337 e. The third kappa shape index (κ3) is 2.38. The lowest BCUT2D eigenvalue weighted by molar-refractivity contribution is 0.0753. The molecule has 1 heterocycles. The fourth-order valence-electron chi connectivity index (χ4n) is 0.677. The van der Waals surface area contributed by atoms with E-state index in [1.807, 2.05) is 13.8 Å². The molecule has 0 atom stereocenters. The SMILES string of the molecule is CC(C)N(C)C(=O)c1nnc(Cl)s1. The molecule has 72 valence electrons. The minimum absolute atomic E-state index is 0.139. The number of amides is 1. The Balaban J connectivity index is 2.79. The zero-order valence-electron chi connectivity index (χ0n) is 7.61. The molecule has 0 saturated carbocycles. The maximum absolute atomic E-state index is 11.6. The summed E-state index contributed by atoms with van der Waals surface area (Å²) in [6.45, 7) is 3.86. The summed E-state index contributed by atoms with van der Waals surface area (Å²) in [5.41, 5.74) is 0. The summed E-state index contributed by atoms with van der Waals surface area (Å²) >= 11 is 6.66. The third-order valence-electron chi connectivity index (χ3n) is 1.68. The minimum Gasteiger partial charge on any atom is -0.337 e. The molecule has 0 bridgehead atoms. The first-order valence-corrected chi connectivity index (χ1v) is 4.98. The van der Waals surface area contributed by atoms with Crippen LogP contribution in [0, 0.1) is 0 Å². The standard InChI is InChI=1S/C7H10ClN3OS/c1-4(2)11(3)6(12)5-9-10-7(8)13-5/h4H,1-3H3. The number of halogens is 1. The highest BCUT2D eigenvalue weighted by molar-refractivity contribution is 7.17. The first-order chi connectivity index (χ1) is 6.02. The number of carbonyl (C=O) groups is 1. The van der Waals surface area contributed by atoms with Crippen molar-refractivity contribution in [3.05, 3.63) is 9.47 Å². The molecule has 0 spiro atoms. The van der Waals surface area contributed by atoms with Gasteiger partial charge >= 0.3 is 0 Å². The van der Waals surface area contributed by atoms with E-state index in [9.17, 15) is 4.79 Å². The highest BCUT2D eigenvalue weighted by atomic mass is 35.5. The van der Waals surface area contributed by atoms with Crippen LogP contribution in [0.1, 0.15) is 23.6 Å². The maximum atomic E-state index is 11.6. The van der Waals surface area contributed by atoms with Gasteiger partial charge in [0.2, 0.25) is 9.47 Å². The van der Waals surface area contributed by atoms with Gasteiger partial charge in [0, 0.05) is 13.1 Å². The van der Waals surface area contributed by atoms with E-state index in [1.54, 1.807) is 11.9 Å². The summed E-state index contributed by atoms with van der Waals surface area (Å²) in [5.74, 6) is -0.139. The van der Waals surface area contributed by atoms with Gasteiger partial charge in [0.25, 0.3) is 5.91 Å². The van der Waals surface area contributed by atoms with Crippen molar-refractivity contribution in [3.63, 3.8) is 0 Å². The lowest BCUT2D eigenvalue weighted by Crippen LogP contribution is -2.32. The predicted octanol–water partition coefficient (Wildman–Crippen LogP) is 1.67. The average Bonchev–Trinajstić information content (AvgIpc) is 2.49. The van der Waals surface area contributed by atoms with Crippen molar-refractivity contribution >= 4 is 28.8 Å². The third-order valence-corrected chi connectivity index (χ3v) is 2.68. The Kier molecular flexibility index (Phi) is 3.22. The number of hydrogen-bond donors (Lipinski definition) is 0. The van der Waals surface area contributed by atoms with Crippen LogP contribution in [0.3, 0.4) is 0 Å². The van der Waals surface area contributed by atoms with Crippen LogP contribution < -0.4 is 0 Å². The minimum atomic E-state index is -0.139. The molecule has 4 nitrogen and oxygen atoms in total. The van der Waals surface area contributed by atoms with Crippen molar-refractivity contribution in [2.75, 3.05) is 7.05 Å². The second-order valence-electron chi connectivity index (χ2n) is 2.87. The van der Waals surface area contributed by atoms with Gasteiger partial charge in [-0.1, -0.05) is 11.3 Å². The van der Waals surface area contributed by atoms with Crippen molar-refractivity contribution in [1.29, 1.82) is 0 Å². The molecule has 13 heavy (non-hydrogen) atoms. The van der Waals surface area contributed by atoms with E-state index in [0.717, 1.165) is 11.3 Å². The summed E-state index contributed by atoms with van der Waals surface area (Å²) in [6, 6.07) is 0.148. The highest BCUT2D eigenvalue weighted by Crippen LogP contribution is 2.16. The van der Waals surface area contributed by atoms with Gasteiger partial charge in [-0.2, -0.15) is 0 Å². The van der Waals surface area contributed by atoms with Crippen LogP contribution in [0.2, 0.25) is 4.47 Å². The molecule has 1 rings (SSSR count).